The van der Waals surface area contributed by atoms with Gasteiger partial charge in [-0.3, -0.25) is 0 Å². The molecule has 2 aromatic rings. The Kier molecular flexibility index (Phi) is 4.42. The van der Waals surface area contributed by atoms with Gasteiger partial charge < -0.3 is 9.94 Å². The second-order valence-corrected chi connectivity index (χ2v) is 4.64. The molecule has 2 rings (SSSR count). The Bertz CT molecular complexity index is 596. The molecule has 0 saturated carbocycles. The third-order valence-corrected chi connectivity index (χ3v) is 2.88. The first kappa shape index (κ1) is 13.4. The summed E-state index contributed by atoms with van der Waals surface area (Å²) in [5.74, 6) is 0.628. The molecule has 4 heteroatoms. The van der Waals surface area contributed by atoms with Crippen molar-refractivity contribution < 1.29 is 9.94 Å². The van der Waals surface area contributed by atoms with Crippen LogP contribution in [0.1, 0.15) is 16.7 Å². The Morgan fingerprint density at radius 3 is 2.84 bits per heavy atom. The van der Waals surface area contributed by atoms with Crippen molar-refractivity contribution in [3.05, 3.63) is 64.2 Å². The Hall–Kier alpha value is -2.00. The van der Waals surface area contributed by atoms with E-state index in [0.29, 0.717) is 22.9 Å². The summed E-state index contributed by atoms with van der Waals surface area (Å²) in [4.78, 5) is 0. The third-order valence-electron chi connectivity index (χ3n) is 2.65. The van der Waals surface area contributed by atoms with Crippen molar-refractivity contribution in [3.8, 4) is 5.75 Å². The van der Waals surface area contributed by atoms with Crippen LogP contribution in [0, 0.1) is 6.92 Å². The van der Waals surface area contributed by atoms with E-state index in [0.717, 1.165) is 5.56 Å². The van der Waals surface area contributed by atoms with Crippen molar-refractivity contribution in [2.75, 3.05) is 0 Å². The molecule has 2 aromatic carbocycles. The molecular formula is C15H14ClNO2. The number of aryl methyl sites for hydroxylation is 1. The highest BCUT2D eigenvalue weighted by Crippen LogP contribution is 2.22. The molecule has 0 aromatic heterocycles. The summed E-state index contributed by atoms with van der Waals surface area (Å²) in [5.41, 5.74) is 2.92. The largest absolute Gasteiger partial charge is 0.488 e. The second kappa shape index (κ2) is 6.25. The number of halogens is 1. The molecule has 0 atom stereocenters. The average Bonchev–Trinajstić information content (AvgIpc) is 2.38. The fourth-order valence-corrected chi connectivity index (χ4v) is 1.96. The van der Waals surface area contributed by atoms with E-state index in [2.05, 4.69) is 11.2 Å². The first-order chi connectivity index (χ1) is 9.19. The molecule has 0 aliphatic carbocycles. The topological polar surface area (TPSA) is 41.8 Å². The monoisotopic (exact) mass is 275 g/mol. The molecule has 0 amide bonds. The summed E-state index contributed by atoms with van der Waals surface area (Å²) in [5, 5.41) is 12.2. The van der Waals surface area contributed by atoms with Crippen LogP contribution in [0.15, 0.2) is 47.6 Å². The van der Waals surface area contributed by atoms with Crippen LogP contribution in [0.5, 0.6) is 5.75 Å². The van der Waals surface area contributed by atoms with Gasteiger partial charge in [-0.2, -0.15) is 0 Å². The van der Waals surface area contributed by atoms with Crippen LogP contribution in [0.2, 0.25) is 5.02 Å². The molecule has 0 aliphatic rings. The minimum Gasteiger partial charge on any atom is -0.488 e. The molecule has 0 radical (unpaired) electrons. The molecule has 0 unspecified atom stereocenters. The molecule has 19 heavy (non-hydrogen) atoms. The lowest BCUT2D eigenvalue weighted by molar-refractivity contribution is 0.304. The van der Waals surface area contributed by atoms with Gasteiger partial charge in [-0.05, 0) is 30.7 Å². The van der Waals surface area contributed by atoms with Gasteiger partial charge in [0.1, 0.15) is 12.4 Å². The molecule has 0 spiro atoms. The van der Waals surface area contributed by atoms with E-state index in [1.807, 2.05) is 25.1 Å². The van der Waals surface area contributed by atoms with Gasteiger partial charge >= 0.3 is 0 Å². The zero-order valence-electron chi connectivity index (χ0n) is 10.5. The maximum absolute atomic E-state index is 8.63. The summed E-state index contributed by atoms with van der Waals surface area (Å²) in [6, 6.07) is 13.3. The van der Waals surface area contributed by atoms with Gasteiger partial charge in [0.2, 0.25) is 0 Å². The zero-order chi connectivity index (χ0) is 13.7. The summed E-state index contributed by atoms with van der Waals surface area (Å²) in [7, 11) is 0. The van der Waals surface area contributed by atoms with Crippen molar-refractivity contribution in [1.29, 1.82) is 0 Å². The fourth-order valence-electron chi connectivity index (χ4n) is 1.78. The van der Waals surface area contributed by atoms with Crippen LogP contribution in [-0.2, 0) is 6.61 Å². The maximum Gasteiger partial charge on any atom is 0.128 e. The van der Waals surface area contributed by atoms with Crippen molar-refractivity contribution in [1.82, 2.24) is 0 Å². The third kappa shape index (κ3) is 3.73. The van der Waals surface area contributed by atoms with E-state index in [4.69, 9.17) is 21.5 Å². The van der Waals surface area contributed by atoms with Crippen LogP contribution in [0.3, 0.4) is 0 Å². The van der Waals surface area contributed by atoms with E-state index in [1.54, 1.807) is 18.2 Å². The smallest absolute Gasteiger partial charge is 0.128 e. The molecule has 3 nitrogen and oxygen atoms in total. The molecule has 0 bridgehead atoms. The number of hydrogen-bond donors (Lipinski definition) is 1. The van der Waals surface area contributed by atoms with Gasteiger partial charge in [0.25, 0.3) is 0 Å². The van der Waals surface area contributed by atoms with Crippen LogP contribution in [0.4, 0.5) is 0 Å². The van der Waals surface area contributed by atoms with Gasteiger partial charge in [0.15, 0.2) is 0 Å². The Labute approximate surface area is 117 Å². The van der Waals surface area contributed by atoms with Crippen molar-refractivity contribution in [2.24, 2.45) is 5.16 Å². The summed E-state index contributed by atoms with van der Waals surface area (Å²) < 4.78 is 5.72. The molecule has 0 fully saturated rings. The minimum absolute atomic E-state index is 0.454. The first-order valence-electron chi connectivity index (χ1n) is 5.84. The Morgan fingerprint density at radius 1 is 1.26 bits per heavy atom. The maximum atomic E-state index is 8.63. The number of nitrogens with zero attached hydrogens (tertiary/aromatic N) is 1. The van der Waals surface area contributed by atoms with Crippen LogP contribution < -0.4 is 4.74 Å². The summed E-state index contributed by atoms with van der Waals surface area (Å²) in [6.45, 7) is 2.49. The highest BCUT2D eigenvalue weighted by atomic mass is 35.5. The highest BCUT2D eigenvalue weighted by molar-refractivity contribution is 6.30. The Balaban J connectivity index is 2.15. The average molecular weight is 276 g/mol. The van der Waals surface area contributed by atoms with Gasteiger partial charge in [0.05, 0.1) is 6.21 Å². The highest BCUT2D eigenvalue weighted by Gasteiger charge is 2.04. The van der Waals surface area contributed by atoms with Gasteiger partial charge in [0, 0.05) is 10.6 Å². The van der Waals surface area contributed by atoms with E-state index in [-0.39, 0.29) is 0 Å². The lowest BCUT2D eigenvalue weighted by Crippen LogP contribution is -1.98. The van der Waals surface area contributed by atoms with Gasteiger partial charge in [-0.1, -0.05) is 46.6 Å². The van der Waals surface area contributed by atoms with Crippen LogP contribution in [-0.4, -0.2) is 11.4 Å². The number of ether oxygens (including phenoxy) is 1. The molecule has 98 valence electrons. The lowest BCUT2D eigenvalue weighted by atomic mass is 10.1. The van der Waals surface area contributed by atoms with E-state index >= 15 is 0 Å². The summed E-state index contributed by atoms with van der Waals surface area (Å²) in [6.07, 6.45) is 1.30. The normalized spacial score (nSPS) is 10.8. The van der Waals surface area contributed by atoms with E-state index in [9.17, 15) is 0 Å². The van der Waals surface area contributed by atoms with Crippen molar-refractivity contribution in [2.45, 2.75) is 13.5 Å². The number of benzene rings is 2. The molecular weight excluding hydrogens is 262 g/mol. The van der Waals surface area contributed by atoms with Gasteiger partial charge in [-0.25, -0.2) is 0 Å². The van der Waals surface area contributed by atoms with Crippen molar-refractivity contribution >= 4 is 17.8 Å². The fraction of sp³-hybridized carbons (Fsp3) is 0.133. The van der Waals surface area contributed by atoms with Crippen LogP contribution in [0.25, 0.3) is 0 Å². The molecule has 0 aliphatic heterocycles. The molecule has 0 saturated heterocycles. The van der Waals surface area contributed by atoms with Crippen molar-refractivity contribution in [3.63, 3.8) is 0 Å². The quantitative estimate of drug-likeness (QED) is 0.520. The predicted octanol–water partition coefficient (Wildman–Crippen LogP) is 4.04. The predicted molar refractivity (Wildman–Crippen MR) is 76.3 cm³/mol. The first-order valence-corrected chi connectivity index (χ1v) is 6.22. The molecule has 0 heterocycles. The second-order valence-electron chi connectivity index (χ2n) is 4.20. The minimum atomic E-state index is 0.454. The van der Waals surface area contributed by atoms with Crippen LogP contribution >= 0.6 is 11.6 Å². The lowest BCUT2D eigenvalue weighted by Gasteiger charge is -2.09. The zero-order valence-corrected chi connectivity index (χ0v) is 11.3. The standard InChI is InChI=1S/C15H14ClNO2/c1-11-3-2-4-12(7-11)10-19-15-6-5-14(16)8-13(15)9-17-18/h2-9,18H,10H2,1H3. The molecule has 1 N–H and O–H groups in total. The Morgan fingerprint density at radius 2 is 2.11 bits per heavy atom. The number of rotatable bonds is 4. The van der Waals surface area contributed by atoms with E-state index < -0.39 is 0 Å². The van der Waals surface area contributed by atoms with Gasteiger partial charge in [-0.15, -0.1) is 0 Å². The summed E-state index contributed by atoms with van der Waals surface area (Å²) >= 11 is 5.89. The number of oxime groups is 1. The SMILES string of the molecule is Cc1cccc(COc2ccc(Cl)cc2C=NO)c1. The number of hydrogen-bond acceptors (Lipinski definition) is 3. The van der Waals surface area contributed by atoms with E-state index in [1.165, 1.54) is 11.8 Å².